The summed E-state index contributed by atoms with van der Waals surface area (Å²) in [6.07, 6.45) is 3.88. The number of nitrogens with two attached hydrogens (primary N) is 1. The molecule has 96 valence electrons. The van der Waals surface area contributed by atoms with Crippen molar-refractivity contribution in [1.29, 1.82) is 0 Å². The van der Waals surface area contributed by atoms with Gasteiger partial charge in [0.25, 0.3) is 0 Å². The summed E-state index contributed by atoms with van der Waals surface area (Å²) in [6.45, 7) is 9.20. The fourth-order valence-corrected chi connectivity index (χ4v) is 2.04. The second-order valence-electron chi connectivity index (χ2n) is 5.09. The van der Waals surface area contributed by atoms with Crippen LogP contribution in [0.1, 0.15) is 36.1 Å². The van der Waals surface area contributed by atoms with Crippen molar-refractivity contribution in [3.05, 3.63) is 52.8 Å². The first kappa shape index (κ1) is 12.8. The lowest BCUT2D eigenvalue weighted by Crippen LogP contribution is -2.34. The molecule has 0 saturated carbocycles. The molecule has 0 spiro atoms. The molecule has 0 aliphatic rings. The Bertz CT molecular complexity index is 553. The second kappa shape index (κ2) is 4.58. The largest absolute Gasteiger partial charge is 0.318 e. The first-order valence-corrected chi connectivity index (χ1v) is 6.34. The van der Waals surface area contributed by atoms with Crippen LogP contribution in [0.4, 0.5) is 0 Å². The van der Waals surface area contributed by atoms with E-state index in [9.17, 15) is 0 Å². The van der Waals surface area contributed by atoms with Gasteiger partial charge in [-0.25, -0.2) is 0 Å². The zero-order valence-corrected chi connectivity index (χ0v) is 11.6. The maximum atomic E-state index is 6.49. The molecular formula is C15H21N3. The predicted molar refractivity (Wildman–Crippen MR) is 74.5 cm³/mol. The summed E-state index contributed by atoms with van der Waals surface area (Å²) >= 11 is 0. The molecule has 1 aromatic carbocycles. The number of aryl methyl sites for hydroxylation is 3. The number of aromatic nitrogens is 2. The normalized spacial score (nSPS) is 14.5. The summed E-state index contributed by atoms with van der Waals surface area (Å²) in [5, 5.41) is 4.30. The Balaban J connectivity index is 2.43. The Kier molecular flexibility index (Phi) is 3.26. The summed E-state index contributed by atoms with van der Waals surface area (Å²) in [7, 11) is 0. The Hall–Kier alpha value is -1.61. The number of nitrogens with zero attached hydrogens (tertiary/aromatic N) is 2. The first-order chi connectivity index (χ1) is 8.45. The minimum absolute atomic E-state index is 0.494. The van der Waals surface area contributed by atoms with E-state index in [1.165, 1.54) is 11.1 Å². The first-order valence-electron chi connectivity index (χ1n) is 6.34. The van der Waals surface area contributed by atoms with Crippen molar-refractivity contribution in [2.24, 2.45) is 5.73 Å². The Morgan fingerprint density at radius 1 is 1.22 bits per heavy atom. The molecule has 0 fully saturated rings. The fourth-order valence-electron chi connectivity index (χ4n) is 2.04. The number of hydrogen-bond donors (Lipinski definition) is 1. The molecule has 2 N–H and O–H groups in total. The number of rotatable bonds is 3. The van der Waals surface area contributed by atoms with Crippen LogP contribution in [-0.2, 0) is 12.1 Å². The van der Waals surface area contributed by atoms with Gasteiger partial charge in [-0.15, -0.1) is 0 Å². The molecule has 0 saturated heterocycles. The molecule has 1 atom stereocenters. The van der Waals surface area contributed by atoms with Gasteiger partial charge in [0.1, 0.15) is 0 Å². The van der Waals surface area contributed by atoms with E-state index in [4.69, 9.17) is 5.73 Å². The van der Waals surface area contributed by atoms with Crippen molar-refractivity contribution in [3.63, 3.8) is 0 Å². The summed E-state index contributed by atoms with van der Waals surface area (Å²) in [5.74, 6) is 0. The van der Waals surface area contributed by atoms with E-state index in [0.717, 1.165) is 17.7 Å². The molecule has 0 radical (unpaired) electrons. The zero-order chi connectivity index (χ0) is 13.3. The average molecular weight is 243 g/mol. The average Bonchev–Trinajstić information content (AvgIpc) is 2.81. The van der Waals surface area contributed by atoms with E-state index in [-0.39, 0.29) is 0 Å². The molecule has 1 unspecified atom stereocenters. The van der Waals surface area contributed by atoms with Crippen LogP contribution in [0.25, 0.3) is 0 Å². The highest BCUT2D eigenvalue weighted by atomic mass is 15.3. The van der Waals surface area contributed by atoms with Crippen LogP contribution in [0.3, 0.4) is 0 Å². The van der Waals surface area contributed by atoms with Crippen molar-refractivity contribution in [2.45, 2.75) is 39.8 Å². The van der Waals surface area contributed by atoms with Gasteiger partial charge in [-0.1, -0.05) is 18.2 Å². The molecule has 1 heterocycles. The Morgan fingerprint density at radius 3 is 2.50 bits per heavy atom. The molecule has 0 amide bonds. The van der Waals surface area contributed by atoms with Crippen molar-refractivity contribution in [2.75, 3.05) is 0 Å². The summed E-state index contributed by atoms with van der Waals surface area (Å²) in [6, 6.07) is 6.39. The lowest BCUT2D eigenvalue weighted by Gasteiger charge is -2.24. The third-order valence-corrected chi connectivity index (χ3v) is 3.66. The highest BCUT2D eigenvalue weighted by molar-refractivity contribution is 5.39. The Labute approximate surface area is 109 Å². The van der Waals surface area contributed by atoms with Gasteiger partial charge >= 0.3 is 0 Å². The molecule has 0 bridgehead atoms. The third kappa shape index (κ3) is 2.18. The molecule has 3 heteroatoms. The molecule has 18 heavy (non-hydrogen) atoms. The minimum atomic E-state index is -0.494. The lowest BCUT2D eigenvalue weighted by molar-refractivity contribution is 0.598. The van der Waals surface area contributed by atoms with Gasteiger partial charge in [0.2, 0.25) is 0 Å². The molecule has 2 aromatic rings. The van der Waals surface area contributed by atoms with Gasteiger partial charge in [0.05, 0.1) is 11.7 Å². The van der Waals surface area contributed by atoms with E-state index in [1.54, 1.807) is 0 Å². The van der Waals surface area contributed by atoms with Gasteiger partial charge in [0.15, 0.2) is 0 Å². The summed E-state index contributed by atoms with van der Waals surface area (Å²) < 4.78 is 1.90. The quantitative estimate of drug-likeness (QED) is 0.900. The van der Waals surface area contributed by atoms with Crippen molar-refractivity contribution in [1.82, 2.24) is 9.78 Å². The van der Waals surface area contributed by atoms with Gasteiger partial charge in [-0.05, 0) is 44.4 Å². The minimum Gasteiger partial charge on any atom is -0.318 e. The molecule has 0 aliphatic heterocycles. The predicted octanol–water partition coefficient (Wildman–Crippen LogP) is 2.74. The van der Waals surface area contributed by atoms with Gasteiger partial charge in [0, 0.05) is 18.3 Å². The highest BCUT2D eigenvalue weighted by Gasteiger charge is 2.25. The lowest BCUT2D eigenvalue weighted by atomic mass is 9.86. The summed E-state index contributed by atoms with van der Waals surface area (Å²) in [5.41, 5.74) is 10.7. The van der Waals surface area contributed by atoms with E-state index in [2.05, 4.69) is 44.1 Å². The van der Waals surface area contributed by atoms with Crippen LogP contribution in [0.2, 0.25) is 0 Å². The van der Waals surface area contributed by atoms with E-state index < -0.39 is 5.54 Å². The van der Waals surface area contributed by atoms with Crippen LogP contribution >= 0.6 is 0 Å². The molecular weight excluding hydrogens is 222 g/mol. The topological polar surface area (TPSA) is 43.8 Å². The number of benzene rings is 1. The van der Waals surface area contributed by atoms with Crippen LogP contribution in [0.5, 0.6) is 0 Å². The van der Waals surface area contributed by atoms with Gasteiger partial charge in [-0.3, -0.25) is 4.68 Å². The fraction of sp³-hybridized carbons (Fsp3) is 0.400. The van der Waals surface area contributed by atoms with Crippen LogP contribution < -0.4 is 5.73 Å². The van der Waals surface area contributed by atoms with E-state index in [1.807, 2.05) is 24.0 Å². The van der Waals surface area contributed by atoms with Gasteiger partial charge < -0.3 is 5.73 Å². The van der Waals surface area contributed by atoms with E-state index in [0.29, 0.717) is 0 Å². The van der Waals surface area contributed by atoms with Crippen molar-refractivity contribution < 1.29 is 0 Å². The second-order valence-corrected chi connectivity index (χ2v) is 5.09. The standard InChI is InChI=1S/C15H21N3/c1-5-18-10-14(9-17-18)15(4,16)13-7-6-11(2)12(3)8-13/h6-10H,5,16H2,1-4H3. The maximum absolute atomic E-state index is 6.49. The molecule has 2 rings (SSSR count). The van der Waals surface area contributed by atoms with Crippen LogP contribution in [-0.4, -0.2) is 9.78 Å². The highest BCUT2D eigenvalue weighted by Crippen LogP contribution is 2.27. The van der Waals surface area contributed by atoms with Crippen LogP contribution in [0, 0.1) is 13.8 Å². The monoisotopic (exact) mass is 243 g/mol. The summed E-state index contributed by atoms with van der Waals surface area (Å²) in [4.78, 5) is 0. The molecule has 0 aliphatic carbocycles. The van der Waals surface area contributed by atoms with Crippen molar-refractivity contribution >= 4 is 0 Å². The molecule has 1 aromatic heterocycles. The maximum Gasteiger partial charge on any atom is 0.0668 e. The van der Waals surface area contributed by atoms with Crippen molar-refractivity contribution in [3.8, 4) is 0 Å². The van der Waals surface area contributed by atoms with Gasteiger partial charge in [-0.2, -0.15) is 5.10 Å². The van der Waals surface area contributed by atoms with Crippen LogP contribution in [0.15, 0.2) is 30.6 Å². The Morgan fingerprint density at radius 2 is 1.94 bits per heavy atom. The molecule has 3 nitrogen and oxygen atoms in total. The zero-order valence-electron chi connectivity index (χ0n) is 11.6. The third-order valence-electron chi connectivity index (χ3n) is 3.66. The smallest absolute Gasteiger partial charge is 0.0668 e. The van der Waals surface area contributed by atoms with E-state index >= 15 is 0 Å². The number of hydrogen-bond acceptors (Lipinski definition) is 2. The SMILES string of the molecule is CCn1cc(C(C)(N)c2ccc(C)c(C)c2)cn1.